The molecule has 25 heavy (non-hydrogen) atoms. The van der Waals surface area contributed by atoms with Crippen LogP contribution in [-0.4, -0.2) is 11.9 Å². The summed E-state index contributed by atoms with van der Waals surface area (Å²) in [4.78, 5) is 14.6. The minimum absolute atomic E-state index is 0.00978. The highest BCUT2D eigenvalue weighted by Gasteiger charge is 2.18. The van der Waals surface area contributed by atoms with Crippen LogP contribution in [0.1, 0.15) is 54.4 Å². The van der Waals surface area contributed by atoms with E-state index in [1.165, 1.54) is 37.4 Å². The number of carbonyl (C=O) groups excluding carboxylic acids is 1. The predicted molar refractivity (Wildman–Crippen MR) is 101 cm³/mol. The first kappa shape index (κ1) is 17.6. The van der Waals surface area contributed by atoms with Crippen molar-refractivity contribution >= 4 is 17.7 Å². The number of amides is 1. The van der Waals surface area contributed by atoms with Crippen LogP contribution in [0.15, 0.2) is 58.3 Å². The molecule has 2 aromatic rings. The van der Waals surface area contributed by atoms with E-state index in [1.54, 1.807) is 6.07 Å². The van der Waals surface area contributed by atoms with Crippen molar-refractivity contribution in [3.8, 4) is 6.07 Å². The molecule has 128 valence electrons. The van der Waals surface area contributed by atoms with E-state index in [-0.39, 0.29) is 11.9 Å². The summed E-state index contributed by atoms with van der Waals surface area (Å²) in [5.74, 6) is -0.00978. The highest BCUT2D eigenvalue weighted by molar-refractivity contribution is 7.99. The van der Waals surface area contributed by atoms with E-state index in [0.717, 1.165) is 22.6 Å². The Balaban J connectivity index is 1.78. The predicted octanol–water partition coefficient (Wildman–Crippen LogP) is 5.16. The first-order valence-corrected chi connectivity index (χ1v) is 9.66. The van der Waals surface area contributed by atoms with Gasteiger partial charge >= 0.3 is 0 Å². The Labute approximate surface area is 153 Å². The fraction of sp³-hybridized carbons (Fsp3) is 0.333. The van der Waals surface area contributed by atoms with E-state index >= 15 is 0 Å². The third-order valence-electron chi connectivity index (χ3n) is 4.55. The van der Waals surface area contributed by atoms with Crippen LogP contribution in [0.5, 0.6) is 0 Å². The number of hydrogen-bond donors (Lipinski definition) is 1. The molecule has 3 nitrogen and oxygen atoms in total. The van der Waals surface area contributed by atoms with Crippen LogP contribution in [0.25, 0.3) is 0 Å². The van der Waals surface area contributed by atoms with Gasteiger partial charge in [0.05, 0.1) is 11.1 Å². The Hall–Kier alpha value is -2.25. The minimum Gasteiger partial charge on any atom is -0.349 e. The summed E-state index contributed by atoms with van der Waals surface area (Å²) in [6.45, 7) is 0. The summed E-state index contributed by atoms with van der Waals surface area (Å²) < 4.78 is 0. The van der Waals surface area contributed by atoms with Crippen molar-refractivity contribution in [3.05, 3.63) is 59.7 Å². The maximum Gasteiger partial charge on any atom is 0.252 e. The van der Waals surface area contributed by atoms with E-state index < -0.39 is 0 Å². The average molecular weight is 350 g/mol. The zero-order valence-corrected chi connectivity index (χ0v) is 15.0. The van der Waals surface area contributed by atoms with Gasteiger partial charge in [-0.2, -0.15) is 5.26 Å². The molecule has 0 aliphatic heterocycles. The fourth-order valence-electron chi connectivity index (χ4n) is 3.20. The quantitative estimate of drug-likeness (QED) is 0.775. The topological polar surface area (TPSA) is 52.9 Å². The average Bonchev–Trinajstić information content (AvgIpc) is 2.91. The van der Waals surface area contributed by atoms with Crippen molar-refractivity contribution < 1.29 is 4.79 Å². The van der Waals surface area contributed by atoms with E-state index in [0.29, 0.717) is 11.1 Å². The molecular formula is C21H22N2OS. The molecule has 0 unspecified atom stereocenters. The van der Waals surface area contributed by atoms with Crippen molar-refractivity contribution in [3.63, 3.8) is 0 Å². The molecule has 1 fully saturated rings. The summed E-state index contributed by atoms with van der Waals surface area (Å²) in [6.07, 6.45) is 7.05. The van der Waals surface area contributed by atoms with Crippen molar-refractivity contribution in [2.75, 3.05) is 0 Å². The molecule has 1 saturated carbocycles. The lowest BCUT2D eigenvalue weighted by Crippen LogP contribution is -2.34. The first-order valence-electron chi connectivity index (χ1n) is 8.85. The molecule has 3 rings (SSSR count). The van der Waals surface area contributed by atoms with Crippen molar-refractivity contribution in [1.29, 1.82) is 5.26 Å². The zero-order chi connectivity index (χ0) is 17.5. The van der Waals surface area contributed by atoms with Crippen LogP contribution in [0.2, 0.25) is 0 Å². The molecule has 0 aromatic heterocycles. The molecule has 1 aliphatic carbocycles. The van der Waals surface area contributed by atoms with Gasteiger partial charge in [-0.05, 0) is 37.1 Å². The summed E-state index contributed by atoms with van der Waals surface area (Å²) >= 11 is 1.48. The molecule has 0 saturated heterocycles. The summed E-state index contributed by atoms with van der Waals surface area (Å²) in [5, 5.41) is 12.5. The van der Waals surface area contributed by atoms with Gasteiger partial charge in [0, 0.05) is 15.8 Å². The highest BCUT2D eigenvalue weighted by Crippen LogP contribution is 2.32. The first-order chi connectivity index (χ1) is 12.3. The number of carbonyl (C=O) groups is 1. The second kappa shape index (κ2) is 8.73. The third-order valence-corrected chi connectivity index (χ3v) is 5.70. The number of rotatable bonds is 4. The van der Waals surface area contributed by atoms with Gasteiger partial charge in [0.15, 0.2) is 0 Å². The number of nitrogens with zero attached hydrogens (tertiary/aromatic N) is 1. The summed E-state index contributed by atoms with van der Waals surface area (Å²) in [6, 6.07) is 17.6. The lowest BCUT2D eigenvalue weighted by Gasteiger charge is -2.17. The monoisotopic (exact) mass is 350 g/mol. The molecule has 0 heterocycles. The second-order valence-corrected chi connectivity index (χ2v) is 7.45. The summed E-state index contributed by atoms with van der Waals surface area (Å²) in [5.41, 5.74) is 1.32. The van der Waals surface area contributed by atoms with E-state index in [4.69, 9.17) is 0 Å². The Bertz CT molecular complexity index is 773. The van der Waals surface area contributed by atoms with E-state index in [9.17, 15) is 10.1 Å². The van der Waals surface area contributed by atoms with Crippen LogP contribution >= 0.6 is 11.8 Å². The van der Waals surface area contributed by atoms with Gasteiger partial charge in [0.2, 0.25) is 0 Å². The molecule has 0 bridgehead atoms. The normalized spacial score (nSPS) is 15.2. The Morgan fingerprint density at radius 1 is 0.960 bits per heavy atom. The number of benzene rings is 2. The van der Waals surface area contributed by atoms with Gasteiger partial charge in [-0.3, -0.25) is 4.79 Å². The molecular weight excluding hydrogens is 328 g/mol. The SMILES string of the molecule is N#Cc1ccccc1Sc1ccccc1C(=O)NC1CCCCCC1. The molecule has 0 atom stereocenters. The Morgan fingerprint density at radius 2 is 1.60 bits per heavy atom. The van der Waals surface area contributed by atoms with Crippen LogP contribution in [0, 0.1) is 11.3 Å². The van der Waals surface area contributed by atoms with Crippen LogP contribution in [0.3, 0.4) is 0 Å². The second-order valence-electron chi connectivity index (χ2n) is 6.37. The van der Waals surface area contributed by atoms with Crippen molar-refractivity contribution in [2.24, 2.45) is 0 Å². The van der Waals surface area contributed by atoms with E-state index in [2.05, 4.69) is 11.4 Å². The Kier molecular flexibility index (Phi) is 6.14. The van der Waals surface area contributed by atoms with Gasteiger partial charge in [-0.1, -0.05) is 61.7 Å². The maximum absolute atomic E-state index is 12.8. The van der Waals surface area contributed by atoms with Gasteiger partial charge in [0.1, 0.15) is 6.07 Å². The zero-order valence-electron chi connectivity index (χ0n) is 14.2. The lowest BCUT2D eigenvalue weighted by molar-refractivity contribution is 0.0930. The standard InChI is InChI=1S/C21H22N2OS/c22-15-16-9-5-7-13-19(16)25-20-14-8-6-12-18(20)21(24)23-17-10-3-1-2-4-11-17/h5-9,12-14,17H,1-4,10-11H2,(H,23,24). The number of nitriles is 1. The molecule has 2 aromatic carbocycles. The van der Waals surface area contributed by atoms with Crippen molar-refractivity contribution in [2.45, 2.75) is 54.4 Å². The smallest absolute Gasteiger partial charge is 0.252 e. The van der Waals surface area contributed by atoms with Gasteiger partial charge in [-0.15, -0.1) is 0 Å². The molecule has 0 spiro atoms. The summed E-state index contributed by atoms with van der Waals surface area (Å²) in [7, 11) is 0. The van der Waals surface area contributed by atoms with Gasteiger partial charge in [-0.25, -0.2) is 0 Å². The largest absolute Gasteiger partial charge is 0.349 e. The number of hydrogen-bond acceptors (Lipinski definition) is 3. The molecule has 1 aliphatic rings. The molecule has 1 N–H and O–H groups in total. The minimum atomic E-state index is -0.00978. The highest BCUT2D eigenvalue weighted by atomic mass is 32.2. The fourth-order valence-corrected chi connectivity index (χ4v) is 4.22. The number of nitrogens with one attached hydrogen (secondary N) is 1. The maximum atomic E-state index is 12.8. The van der Waals surface area contributed by atoms with Crippen LogP contribution in [-0.2, 0) is 0 Å². The van der Waals surface area contributed by atoms with Gasteiger partial charge in [0.25, 0.3) is 5.91 Å². The Morgan fingerprint density at radius 3 is 2.32 bits per heavy atom. The molecule has 0 radical (unpaired) electrons. The molecule has 1 amide bonds. The van der Waals surface area contributed by atoms with Crippen LogP contribution in [0.4, 0.5) is 0 Å². The lowest BCUT2D eigenvalue weighted by atomic mass is 10.1. The van der Waals surface area contributed by atoms with Crippen molar-refractivity contribution in [1.82, 2.24) is 5.32 Å². The van der Waals surface area contributed by atoms with Crippen LogP contribution < -0.4 is 5.32 Å². The molecule has 4 heteroatoms. The third kappa shape index (κ3) is 4.64. The van der Waals surface area contributed by atoms with Gasteiger partial charge < -0.3 is 5.32 Å². The van der Waals surface area contributed by atoms with E-state index in [1.807, 2.05) is 42.5 Å².